The summed E-state index contributed by atoms with van der Waals surface area (Å²) in [5.41, 5.74) is 3.66. The summed E-state index contributed by atoms with van der Waals surface area (Å²) in [6.45, 7) is 7.34. The van der Waals surface area contributed by atoms with Crippen LogP contribution in [0.25, 0.3) is 16.9 Å². The molecule has 3 heterocycles. The van der Waals surface area contributed by atoms with E-state index in [1.807, 2.05) is 18.2 Å². The predicted octanol–water partition coefficient (Wildman–Crippen LogP) is 4.56. The first-order valence-electron chi connectivity index (χ1n) is 9.41. The molecule has 5 nitrogen and oxygen atoms in total. The van der Waals surface area contributed by atoms with Crippen LogP contribution in [-0.4, -0.2) is 63.1 Å². The smallest absolute Gasteiger partial charge is 0.174 e. The van der Waals surface area contributed by atoms with Crippen LogP contribution in [0.1, 0.15) is 12.6 Å². The number of hydrogen-bond acceptors (Lipinski definition) is 5. The van der Waals surface area contributed by atoms with Gasteiger partial charge in [-0.3, -0.25) is 9.30 Å². The summed E-state index contributed by atoms with van der Waals surface area (Å²) in [4.78, 5) is 14.6. The van der Waals surface area contributed by atoms with Gasteiger partial charge in [-0.25, -0.2) is 9.97 Å². The zero-order valence-corrected chi connectivity index (χ0v) is 18.4. The van der Waals surface area contributed by atoms with E-state index in [4.69, 9.17) is 33.2 Å². The summed E-state index contributed by atoms with van der Waals surface area (Å²) in [6, 6.07) is 7.51. The molecule has 0 aliphatic carbocycles. The highest BCUT2D eigenvalue weighted by atomic mass is 35.5. The lowest BCUT2D eigenvalue weighted by molar-refractivity contribution is 0.147. The molecule has 0 amide bonds. The standard InChI is InChI=1S/C20H23Cl2N5S/c1-3-28-20-24-18(16-5-4-14(21)10-17(16)22)11-19-23-15(13-27(19)20)12-26-8-6-25(2)7-9-26/h4-5,10-11,13H,3,6-9,12H2,1-2H3. The number of halogens is 2. The second-order valence-electron chi connectivity index (χ2n) is 7.02. The summed E-state index contributed by atoms with van der Waals surface area (Å²) in [5, 5.41) is 2.15. The molecule has 4 rings (SSSR count). The number of imidazole rings is 1. The van der Waals surface area contributed by atoms with Gasteiger partial charge in [-0.05, 0) is 31.0 Å². The van der Waals surface area contributed by atoms with Crippen LogP contribution >= 0.6 is 35.0 Å². The van der Waals surface area contributed by atoms with Crippen molar-refractivity contribution in [3.05, 3.63) is 46.2 Å². The van der Waals surface area contributed by atoms with Crippen LogP contribution in [0.2, 0.25) is 10.0 Å². The number of nitrogens with zero attached hydrogens (tertiary/aromatic N) is 5. The summed E-state index contributed by atoms with van der Waals surface area (Å²) in [7, 11) is 2.17. The van der Waals surface area contributed by atoms with Crippen LogP contribution < -0.4 is 0 Å². The van der Waals surface area contributed by atoms with Crippen molar-refractivity contribution in [1.29, 1.82) is 0 Å². The zero-order valence-electron chi connectivity index (χ0n) is 16.0. The maximum absolute atomic E-state index is 6.42. The third-order valence-corrected chi connectivity index (χ3v) is 6.32. The third-order valence-electron chi connectivity index (χ3n) is 4.93. The van der Waals surface area contributed by atoms with E-state index in [9.17, 15) is 0 Å². The lowest BCUT2D eigenvalue weighted by Gasteiger charge is -2.31. The Kier molecular flexibility index (Phi) is 6.13. The molecule has 28 heavy (non-hydrogen) atoms. The van der Waals surface area contributed by atoms with Crippen molar-refractivity contribution in [1.82, 2.24) is 24.2 Å². The molecule has 3 aromatic rings. The number of fused-ring (bicyclic) bond motifs is 1. The van der Waals surface area contributed by atoms with Gasteiger partial charge in [0.1, 0.15) is 5.65 Å². The van der Waals surface area contributed by atoms with E-state index >= 15 is 0 Å². The minimum absolute atomic E-state index is 0.598. The van der Waals surface area contributed by atoms with E-state index in [1.165, 1.54) is 0 Å². The highest BCUT2D eigenvalue weighted by Gasteiger charge is 2.17. The molecule has 8 heteroatoms. The van der Waals surface area contributed by atoms with Gasteiger partial charge in [-0.1, -0.05) is 41.9 Å². The van der Waals surface area contributed by atoms with Gasteiger partial charge in [-0.15, -0.1) is 0 Å². The second kappa shape index (κ2) is 8.59. The van der Waals surface area contributed by atoms with Crippen LogP contribution in [0.15, 0.2) is 35.6 Å². The van der Waals surface area contributed by atoms with Crippen molar-refractivity contribution < 1.29 is 0 Å². The van der Waals surface area contributed by atoms with E-state index in [-0.39, 0.29) is 0 Å². The van der Waals surface area contributed by atoms with Crippen LogP contribution in [0.3, 0.4) is 0 Å². The maximum Gasteiger partial charge on any atom is 0.174 e. The van der Waals surface area contributed by atoms with Gasteiger partial charge in [-0.2, -0.15) is 0 Å². The Morgan fingerprint density at radius 3 is 2.57 bits per heavy atom. The average Bonchev–Trinajstić information content (AvgIpc) is 3.06. The molecule has 1 fully saturated rings. The number of aromatic nitrogens is 3. The Hall–Kier alpha value is -1.31. The number of thioether (sulfide) groups is 1. The molecule has 0 unspecified atom stereocenters. The first-order valence-corrected chi connectivity index (χ1v) is 11.2. The molecule has 0 atom stereocenters. The fourth-order valence-electron chi connectivity index (χ4n) is 3.39. The Balaban J connectivity index is 1.69. The van der Waals surface area contributed by atoms with Gasteiger partial charge in [0.2, 0.25) is 0 Å². The van der Waals surface area contributed by atoms with Crippen LogP contribution in [-0.2, 0) is 6.54 Å². The molecule has 0 N–H and O–H groups in total. The molecule has 0 spiro atoms. The Bertz CT molecular complexity index is 982. The lowest BCUT2D eigenvalue weighted by atomic mass is 10.1. The number of likely N-dealkylation sites (N-methyl/N-ethyl adjacent to an activating group) is 1. The Labute approximate surface area is 179 Å². The van der Waals surface area contributed by atoms with E-state index in [0.29, 0.717) is 10.0 Å². The van der Waals surface area contributed by atoms with E-state index in [1.54, 1.807) is 17.8 Å². The van der Waals surface area contributed by atoms with Crippen molar-refractivity contribution in [2.75, 3.05) is 39.0 Å². The summed E-state index contributed by atoms with van der Waals surface area (Å²) in [5.74, 6) is 0.936. The van der Waals surface area contributed by atoms with Gasteiger partial charge in [0.15, 0.2) is 5.16 Å². The third kappa shape index (κ3) is 4.31. The number of rotatable bonds is 5. The van der Waals surface area contributed by atoms with Crippen molar-refractivity contribution >= 4 is 40.6 Å². The largest absolute Gasteiger partial charge is 0.304 e. The minimum Gasteiger partial charge on any atom is -0.304 e. The highest BCUT2D eigenvalue weighted by molar-refractivity contribution is 7.99. The van der Waals surface area contributed by atoms with E-state index in [0.717, 1.165) is 66.2 Å². The Morgan fingerprint density at radius 1 is 1.07 bits per heavy atom. The van der Waals surface area contributed by atoms with Gasteiger partial charge < -0.3 is 4.90 Å². The quantitative estimate of drug-likeness (QED) is 0.433. The average molecular weight is 436 g/mol. The van der Waals surface area contributed by atoms with Crippen LogP contribution in [0.5, 0.6) is 0 Å². The van der Waals surface area contributed by atoms with Crippen molar-refractivity contribution in [2.45, 2.75) is 18.6 Å². The van der Waals surface area contributed by atoms with E-state index < -0.39 is 0 Å². The molecule has 2 aromatic heterocycles. The highest BCUT2D eigenvalue weighted by Crippen LogP contribution is 2.31. The summed E-state index contributed by atoms with van der Waals surface area (Å²) < 4.78 is 2.09. The molecule has 0 radical (unpaired) electrons. The number of piperazine rings is 1. The molecule has 1 saturated heterocycles. The predicted molar refractivity (Wildman–Crippen MR) is 118 cm³/mol. The van der Waals surface area contributed by atoms with Crippen molar-refractivity contribution in [3.63, 3.8) is 0 Å². The molecule has 148 valence electrons. The molecular weight excluding hydrogens is 413 g/mol. The Morgan fingerprint density at radius 2 is 1.86 bits per heavy atom. The monoisotopic (exact) mass is 435 g/mol. The van der Waals surface area contributed by atoms with Gasteiger partial charge in [0.05, 0.1) is 16.4 Å². The van der Waals surface area contributed by atoms with Crippen LogP contribution in [0.4, 0.5) is 0 Å². The summed E-state index contributed by atoms with van der Waals surface area (Å²) in [6.07, 6.45) is 2.12. The molecular formula is C20H23Cl2N5S. The minimum atomic E-state index is 0.598. The van der Waals surface area contributed by atoms with Crippen molar-refractivity contribution in [2.24, 2.45) is 0 Å². The van der Waals surface area contributed by atoms with Crippen LogP contribution in [0, 0.1) is 0 Å². The fraction of sp³-hybridized carbons (Fsp3) is 0.400. The first kappa shape index (κ1) is 20.0. The van der Waals surface area contributed by atoms with E-state index in [2.05, 4.69) is 34.4 Å². The second-order valence-corrected chi connectivity index (χ2v) is 9.10. The van der Waals surface area contributed by atoms with Gasteiger partial charge in [0, 0.05) is 55.6 Å². The van der Waals surface area contributed by atoms with Gasteiger partial charge >= 0.3 is 0 Å². The number of benzene rings is 1. The molecule has 0 saturated carbocycles. The molecule has 1 aromatic carbocycles. The number of hydrogen-bond donors (Lipinski definition) is 0. The molecule has 0 bridgehead atoms. The normalized spacial score (nSPS) is 16.1. The SMILES string of the molecule is CCSc1nc(-c2ccc(Cl)cc2Cl)cc2nc(CN3CCN(C)CC3)cn12. The lowest BCUT2D eigenvalue weighted by Crippen LogP contribution is -2.43. The van der Waals surface area contributed by atoms with Crippen molar-refractivity contribution in [3.8, 4) is 11.3 Å². The molecule has 1 aliphatic rings. The first-order chi connectivity index (χ1) is 13.5. The van der Waals surface area contributed by atoms with Gasteiger partial charge in [0.25, 0.3) is 0 Å². The fourth-order valence-corrected chi connectivity index (χ4v) is 4.60. The topological polar surface area (TPSA) is 36.7 Å². The maximum atomic E-state index is 6.42. The summed E-state index contributed by atoms with van der Waals surface area (Å²) >= 11 is 14.2. The zero-order chi connectivity index (χ0) is 19.7. The molecule has 1 aliphatic heterocycles.